The molecule has 0 aliphatic rings. The number of sulfonamides is 1. The Balaban J connectivity index is 1.98. The SMILES string of the molecule is CC(C)(C)c1nc(-c2cccc(-c3ccc(F)c(S(N)(=O)=O)c3F)c2F)c(-c2ccnc(N)n2)s1. The maximum Gasteiger partial charge on any atom is 0.243 e. The van der Waals surface area contributed by atoms with E-state index in [0.29, 0.717) is 15.6 Å². The highest BCUT2D eigenvalue weighted by Crippen LogP contribution is 2.42. The Kier molecular flexibility index (Phi) is 6.16. The van der Waals surface area contributed by atoms with Crippen molar-refractivity contribution in [2.24, 2.45) is 5.14 Å². The van der Waals surface area contributed by atoms with Gasteiger partial charge >= 0.3 is 0 Å². The number of thiazole rings is 1. The fourth-order valence-electron chi connectivity index (χ4n) is 3.42. The summed E-state index contributed by atoms with van der Waals surface area (Å²) in [4.78, 5) is 12.0. The smallest absolute Gasteiger partial charge is 0.243 e. The molecule has 0 unspecified atom stereocenters. The highest BCUT2D eigenvalue weighted by Gasteiger charge is 2.28. The number of nitrogen functional groups attached to an aromatic ring is 1. The topological polar surface area (TPSA) is 125 Å². The minimum atomic E-state index is -4.74. The number of nitrogens with two attached hydrogens (primary N) is 2. The van der Waals surface area contributed by atoms with Crippen molar-refractivity contribution in [1.29, 1.82) is 0 Å². The van der Waals surface area contributed by atoms with E-state index in [4.69, 9.17) is 10.9 Å². The molecule has 2 aromatic carbocycles. The van der Waals surface area contributed by atoms with E-state index >= 15 is 8.78 Å². The molecule has 0 amide bonds. The van der Waals surface area contributed by atoms with Crippen molar-refractivity contribution in [3.05, 3.63) is 65.1 Å². The first kappa shape index (κ1) is 24.8. The van der Waals surface area contributed by atoms with Crippen molar-refractivity contribution in [3.63, 3.8) is 0 Å². The molecule has 0 radical (unpaired) electrons. The molecule has 4 N–H and O–H groups in total. The molecule has 2 heterocycles. The van der Waals surface area contributed by atoms with Gasteiger partial charge in [0.1, 0.15) is 11.6 Å². The standard InChI is InChI=1S/C23H20F3N5O2S2/c1-23(2,3)21-31-18(19(34-21)15-9-10-29-22(27)30-15)13-6-4-5-11(16(13)25)12-7-8-14(24)20(17(12)26)35(28,32)33/h4-10H,1-3H3,(H2,27,29,30)(H2,28,32,33). The summed E-state index contributed by atoms with van der Waals surface area (Å²) in [5.74, 6) is -3.71. The molecule has 2 aromatic heterocycles. The maximum atomic E-state index is 15.9. The molecule has 0 spiro atoms. The van der Waals surface area contributed by atoms with E-state index in [0.717, 1.165) is 12.1 Å². The number of primary sulfonamides is 1. The van der Waals surface area contributed by atoms with Crippen LogP contribution in [0.2, 0.25) is 0 Å². The lowest BCUT2D eigenvalue weighted by Crippen LogP contribution is -2.16. The number of halogens is 3. The second kappa shape index (κ2) is 8.70. The number of benzene rings is 2. The monoisotopic (exact) mass is 519 g/mol. The first-order valence-electron chi connectivity index (χ1n) is 10.2. The second-order valence-electron chi connectivity index (χ2n) is 8.70. The van der Waals surface area contributed by atoms with Crippen LogP contribution < -0.4 is 10.9 Å². The first-order valence-corrected chi connectivity index (χ1v) is 12.6. The zero-order valence-electron chi connectivity index (χ0n) is 18.8. The quantitative estimate of drug-likeness (QED) is 0.396. The van der Waals surface area contributed by atoms with Gasteiger partial charge in [0.25, 0.3) is 0 Å². The predicted octanol–water partition coefficient (Wildman–Crippen LogP) is 4.88. The third kappa shape index (κ3) is 4.64. The van der Waals surface area contributed by atoms with E-state index in [1.54, 1.807) is 6.07 Å². The molecule has 7 nitrogen and oxygen atoms in total. The fourth-order valence-corrected chi connectivity index (χ4v) is 5.23. The highest BCUT2D eigenvalue weighted by molar-refractivity contribution is 7.89. The average molecular weight is 520 g/mol. The van der Waals surface area contributed by atoms with Crippen LogP contribution in [0.4, 0.5) is 19.1 Å². The zero-order chi connectivity index (χ0) is 25.7. The molecule has 0 saturated heterocycles. The van der Waals surface area contributed by atoms with Crippen LogP contribution in [0.1, 0.15) is 25.8 Å². The van der Waals surface area contributed by atoms with E-state index in [1.807, 2.05) is 20.8 Å². The largest absolute Gasteiger partial charge is 0.368 e. The van der Waals surface area contributed by atoms with Gasteiger partial charge in [0.05, 0.1) is 21.3 Å². The molecule has 35 heavy (non-hydrogen) atoms. The fraction of sp³-hybridized carbons (Fsp3) is 0.174. The number of rotatable bonds is 4. The van der Waals surface area contributed by atoms with Crippen LogP contribution >= 0.6 is 11.3 Å². The normalized spacial score (nSPS) is 12.2. The Morgan fingerprint density at radius 1 is 0.914 bits per heavy atom. The minimum absolute atomic E-state index is 0.0160. The van der Waals surface area contributed by atoms with Crippen LogP contribution in [0.3, 0.4) is 0 Å². The third-order valence-electron chi connectivity index (χ3n) is 5.05. The van der Waals surface area contributed by atoms with E-state index in [9.17, 15) is 12.8 Å². The molecule has 12 heteroatoms. The third-order valence-corrected chi connectivity index (χ3v) is 7.50. The van der Waals surface area contributed by atoms with Crippen LogP contribution in [0.25, 0.3) is 33.0 Å². The number of aromatic nitrogens is 3. The Hall–Kier alpha value is -3.35. The molecule has 182 valence electrons. The Labute approximate surface area is 203 Å². The van der Waals surface area contributed by atoms with Gasteiger partial charge < -0.3 is 5.73 Å². The second-order valence-corrected chi connectivity index (χ2v) is 11.2. The molecule has 0 atom stereocenters. The van der Waals surface area contributed by atoms with Crippen molar-refractivity contribution in [1.82, 2.24) is 15.0 Å². The molecule has 0 saturated carbocycles. The van der Waals surface area contributed by atoms with Gasteiger partial charge in [-0.15, -0.1) is 11.3 Å². The first-order chi connectivity index (χ1) is 16.3. The molecule has 4 aromatic rings. The molecule has 0 aliphatic heterocycles. The molecule has 0 aliphatic carbocycles. The summed E-state index contributed by atoms with van der Waals surface area (Å²) >= 11 is 1.30. The summed E-state index contributed by atoms with van der Waals surface area (Å²) in [5.41, 5.74) is 5.30. The van der Waals surface area contributed by atoms with Gasteiger partial charge in [0, 0.05) is 28.3 Å². The van der Waals surface area contributed by atoms with E-state index in [2.05, 4.69) is 15.0 Å². The number of hydrogen-bond acceptors (Lipinski definition) is 7. The lowest BCUT2D eigenvalue weighted by Gasteiger charge is -2.14. The van der Waals surface area contributed by atoms with Gasteiger partial charge in [-0.05, 0) is 24.3 Å². The van der Waals surface area contributed by atoms with Gasteiger partial charge in [0.15, 0.2) is 10.7 Å². The maximum absolute atomic E-state index is 15.9. The van der Waals surface area contributed by atoms with E-state index in [-0.39, 0.29) is 28.2 Å². The molecular formula is C23H20F3N5O2S2. The molecule has 4 rings (SSSR count). The minimum Gasteiger partial charge on any atom is -0.368 e. The number of anilines is 1. The van der Waals surface area contributed by atoms with Gasteiger partial charge in [-0.3, -0.25) is 0 Å². The summed E-state index contributed by atoms with van der Waals surface area (Å²) < 4.78 is 68.5. The van der Waals surface area contributed by atoms with Crippen molar-refractivity contribution in [2.45, 2.75) is 31.1 Å². The molecular weight excluding hydrogens is 499 g/mol. The summed E-state index contributed by atoms with van der Waals surface area (Å²) in [6.45, 7) is 5.84. The van der Waals surface area contributed by atoms with Crippen LogP contribution in [-0.2, 0) is 15.4 Å². The van der Waals surface area contributed by atoms with Gasteiger partial charge in [-0.1, -0.05) is 32.9 Å². The van der Waals surface area contributed by atoms with Gasteiger partial charge in [0.2, 0.25) is 16.0 Å². The lowest BCUT2D eigenvalue weighted by molar-refractivity contribution is 0.521. The van der Waals surface area contributed by atoms with Crippen LogP contribution in [0, 0.1) is 17.5 Å². The van der Waals surface area contributed by atoms with E-state index < -0.39 is 37.9 Å². The van der Waals surface area contributed by atoms with Crippen molar-refractivity contribution < 1.29 is 21.6 Å². The average Bonchev–Trinajstić information content (AvgIpc) is 3.19. The van der Waals surface area contributed by atoms with Gasteiger partial charge in [-0.25, -0.2) is 41.7 Å². The van der Waals surface area contributed by atoms with Crippen LogP contribution in [-0.4, -0.2) is 23.4 Å². The molecule has 0 fully saturated rings. The van der Waals surface area contributed by atoms with E-state index in [1.165, 1.54) is 35.7 Å². The van der Waals surface area contributed by atoms with Crippen molar-refractivity contribution >= 4 is 27.3 Å². The summed E-state index contributed by atoms with van der Waals surface area (Å²) in [6.07, 6.45) is 1.47. The summed E-state index contributed by atoms with van der Waals surface area (Å²) in [7, 11) is -4.74. The molecule has 0 bridgehead atoms. The zero-order valence-corrected chi connectivity index (χ0v) is 20.4. The van der Waals surface area contributed by atoms with Crippen LogP contribution in [0.5, 0.6) is 0 Å². The van der Waals surface area contributed by atoms with Gasteiger partial charge in [-0.2, -0.15) is 0 Å². The predicted molar refractivity (Wildman–Crippen MR) is 128 cm³/mol. The van der Waals surface area contributed by atoms with Crippen LogP contribution in [0.15, 0.2) is 47.5 Å². The Bertz CT molecular complexity index is 1560. The number of hydrogen-bond donors (Lipinski definition) is 2. The number of nitrogens with zero attached hydrogens (tertiary/aromatic N) is 3. The Morgan fingerprint density at radius 2 is 1.57 bits per heavy atom. The summed E-state index contributed by atoms with van der Waals surface area (Å²) in [5, 5.41) is 5.66. The lowest BCUT2D eigenvalue weighted by atomic mass is 9.97. The Morgan fingerprint density at radius 3 is 2.20 bits per heavy atom. The van der Waals surface area contributed by atoms with Crippen molar-refractivity contribution in [2.75, 3.05) is 5.73 Å². The van der Waals surface area contributed by atoms with Crippen molar-refractivity contribution in [3.8, 4) is 33.0 Å². The highest BCUT2D eigenvalue weighted by atomic mass is 32.2. The summed E-state index contributed by atoms with van der Waals surface area (Å²) in [6, 6.07) is 7.45.